The summed E-state index contributed by atoms with van der Waals surface area (Å²) in [5, 5.41) is 3.59. The molecule has 29 heavy (non-hydrogen) atoms. The maximum atomic E-state index is 13.2. The van der Waals surface area contributed by atoms with Gasteiger partial charge < -0.3 is 14.8 Å². The van der Waals surface area contributed by atoms with Crippen LogP contribution in [0.15, 0.2) is 53.7 Å². The number of hydrogen-bond donors (Lipinski definition) is 1. The molecule has 0 unspecified atom stereocenters. The van der Waals surface area contributed by atoms with E-state index in [1.54, 1.807) is 20.3 Å². The van der Waals surface area contributed by atoms with Gasteiger partial charge in [-0.2, -0.15) is 0 Å². The minimum atomic E-state index is -0.293. The highest BCUT2D eigenvalue weighted by Crippen LogP contribution is 2.44. The molecule has 1 aliphatic heterocycles. The molecule has 0 fully saturated rings. The fourth-order valence-corrected chi connectivity index (χ4v) is 4.63. The molecule has 6 heteroatoms. The van der Waals surface area contributed by atoms with Crippen LogP contribution in [0.1, 0.15) is 42.2 Å². The van der Waals surface area contributed by atoms with Crippen LogP contribution < -0.4 is 14.8 Å². The molecule has 2 aromatic rings. The molecular weight excluding hydrogens is 390 g/mol. The summed E-state index contributed by atoms with van der Waals surface area (Å²) in [5.74, 6) is 0.819. The molecule has 2 aliphatic rings. The monoisotopic (exact) mass is 411 g/mol. The largest absolute Gasteiger partial charge is 0.493 e. The molecule has 1 N–H and O–H groups in total. The van der Waals surface area contributed by atoms with Crippen LogP contribution in [0.4, 0.5) is 0 Å². The van der Waals surface area contributed by atoms with E-state index in [1.807, 2.05) is 36.4 Å². The third kappa shape index (κ3) is 3.62. The number of ether oxygens (including phenoxy) is 2. The van der Waals surface area contributed by atoms with Gasteiger partial charge in [-0.05, 0) is 41.7 Å². The lowest BCUT2D eigenvalue weighted by Crippen LogP contribution is -2.38. The number of ketones is 1. The lowest BCUT2D eigenvalue weighted by Gasteiger charge is -2.34. The summed E-state index contributed by atoms with van der Waals surface area (Å²) in [6.07, 6.45) is 1.19. The van der Waals surface area contributed by atoms with Crippen LogP contribution in [0.25, 0.3) is 0 Å². The highest BCUT2D eigenvalue weighted by molar-refractivity contribution is 6.31. The van der Waals surface area contributed by atoms with Crippen LogP contribution in [-0.2, 0) is 9.59 Å². The molecule has 1 heterocycles. The van der Waals surface area contributed by atoms with Gasteiger partial charge in [0.25, 0.3) is 0 Å². The van der Waals surface area contributed by atoms with Crippen molar-refractivity contribution >= 4 is 23.3 Å². The molecule has 0 radical (unpaired) electrons. The Kier molecular flexibility index (Phi) is 5.33. The van der Waals surface area contributed by atoms with Crippen molar-refractivity contribution in [3.05, 3.63) is 69.9 Å². The molecule has 4 rings (SSSR count). The number of Topliss-reactive ketones (excluding diaryl/α,β-unsaturated/α-hetero) is 1. The minimum absolute atomic E-state index is 0.0422. The molecule has 1 amide bonds. The Morgan fingerprint density at radius 1 is 0.966 bits per heavy atom. The second-order valence-corrected chi connectivity index (χ2v) is 7.77. The number of carbonyl (C=O) groups is 2. The predicted octanol–water partition coefficient (Wildman–Crippen LogP) is 4.36. The summed E-state index contributed by atoms with van der Waals surface area (Å²) >= 11 is 6.36. The van der Waals surface area contributed by atoms with Gasteiger partial charge in [-0.15, -0.1) is 0 Å². The van der Waals surface area contributed by atoms with E-state index < -0.39 is 0 Å². The highest BCUT2D eigenvalue weighted by Gasteiger charge is 2.38. The van der Waals surface area contributed by atoms with Crippen LogP contribution in [0, 0.1) is 0 Å². The van der Waals surface area contributed by atoms with Crippen molar-refractivity contribution in [2.45, 2.75) is 31.1 Å². The van der Waals surface area contributed by atoms with Crippen molar-refractivity contribution in [3.8, 4) is 11.5 Å². The number of amides is 1. The SMILES string of the molecule is COc1ccc([C@H]2CC(=O)NC3=C2C(=O)C[C@H](c2ccccc2Cl)C3)cc1OC. The topological polar surface area (TPSA) is 64.6 Å². The molecule has 0 saturated carbocycles. The average Bonchev–Trinajstić information content (AvgIpc) is 2.72. The van der Waals surface area contributed by atoms with E-state index in [0.717, 1.165) is 11.1 Å². The summed E-state index contributed by atoms with van der Waals surface area (Å²) < 4.78 is 10.7. The number of carbonyl (C=O) groups excluding carboxylic acids is 2. The van der Waals surface area contributed by atoms with Gasteiger partial charge in [0, 0.05) is 35.1 Å². The summed E-state index contributed by atoms with van der Waals surface area (Å²) in [6, 6.07) is 13.1. The van der Waals surface area contributed by atoms with E-state index in [2.05, 4.69) is 5.32 Å². The summed E-state index contributed by atoms with van der Waals surface area (Å²) in [5.41, 5.74) is 3.22. The molecule has 2 atom stereocenters. The van der Waals surface area contributed by atoms with Gasteiger partial charge >= 0.3 is 0 Å². The smallest absolute Gasteiger partial charge is 0.225 e. The van der Waals surface area contributed by atoms with Gasteiger partial charge in [-0.25, -0.2) is 0 Å². The Balaban J connectivity index is 1.73. The van der Waals surface area contributed by atoms with Crippen molar-refractivity contribution < 1.29 is 19.1 Å². The van der Waals surface area contributed by atoms with Crippen LogP contribution in [0.2, 0.25) is 5.02 Å². The van der Waals surface area contributed by atoms with Crippen molar-refractivity contribution in [1.82, 2.24) is 5.32 Å². The first kappa shape index (κ1) is 19.5. The van der Waals surface area contributed by atoms with Gasteiger partial charge in [-0.1, -0.05) is 35.9 Å². The van der Waals surface area contributed by atoms with Gasteiger partial charge in [0.2, 0.25) is 5.91 Å². The van der Waals surface area contributed by atoms with Crippen molar-refractivity contribution in [3.63, 3.8) is 0 Å². The number of rotatable bonds is 4. The first-order valence-corrected chi connectivity index (χ1v) is 9.92. The van der Waals surface area contributed by atoms with Crippen molar-refractivity contribution in [2.24, 2.45) is 0 Å². The number of allylic oxidation sites excluding steroid dienone is 2. The number of halogens is 1. The maximum Gasteiger partial charge on any atom is 0.225 e. The number of methoxy groups -OCH3 is 2. The quantitative estimate of drug-likeness (QED) is 0.811. The average molecular weight is 412 g/mol. The predicted molar refractivity (Wildman–Crippen MR) is 111 cm³/mol. The van der Waals surface area contributed by atoms with Gasteiger partial charge in [0.1, 0.15) is 0 Å². The summed E-state index contributed by atoms with van der Waals surface area (Å²) in [4.78, 5) is 25.6. The fraction of sp³-hybridized carbons (Fsp3) is 0.304. The third-order valence-corrected chi connectivity index (χ3v) is 6.04. The zero-order chi connectivity index (χ0) is 20.5. The van der Waals surface area contributed by atoms with Gasteiger partial charge in [0.05, 0.1) is 14.2 Å². The lowest BCUT2D eigenvalue weighted by molar-refractivity contribution is -0.122. The van der Waals surface area contributed by atoms with E-state index in [4.69, 9.17) is 21.1 Å². The Bertz CT molecular complexity index is 1010. The van der Waals surface area contributed by atoms with Crippen LogP contribution >= 0.6 is 11.6 Å². The zero-order valence-corrected chi connectivity index (χ0v) is 17.1. The van der Waals surface area contributed by atoms with Crippen LogP contribution in [-0.4, -0.2) is 25.9 Å². The second kappa shape index (κ2) is 7.91. The van der Waals surface area contributed by atoms with E-state index in [9.17, 15) is 9.59 Å². The first-order valence-electron chi connectivity index (χ1n) is 9.54. The zero-order valence-electron chi connectivity index (χ0n) is 16.3. The highest BCUT2D eigenvalue weighted by atomic mass is 35.5. The van der Waals surface area contributed by atoms with Crippen molar-refractivity contribution in [1.29, 1.82) is 0 Å². The number of hydrogen-bond acceptors (Lipinski definition) is 4. The molecular formula is C23H22ClNO4. The Morgan fingerprint density at radius 2 is 1.72 bits per heavy atom. The maximum absolute atomic E-state index is 13.2. The third-order valence-electron chi connectivity index (χ3n) is 5.69. The minimum Gasteiger partial charge on any atom is -0.493 e. The Morgan fingerprint density at radius 3 is 2.45 bits per heavy atom. The normalized spacial score (nSPS) is 21.5. The summed E-state index contributed by atoms with van der Waals surface area (Å²) in [6.45, 7) is 0. The molecule has 1 aliphatic carbocycles. The fourth-order valence-electron chi connectivity index (χ4n) is 4.34. The van der Waals surface area contributed by atoms with E-state index in [0.29, 0.717) is 40.6 Å². The van der Waals surface area contributed by atoms with Crippen LogP contribution in [0.3, 0.4) is 0 Å². The first-order chi connectivity index (χ1) is 14.0. The number of nitrogens with one attached hydrogen (secondary N) is 1. The molecule has 150 valence electrons. The standard InChI is InChI=1S/C23H22ClNO4/c1-28-20-8-7-13(11-21(20)29-2)16-12-22(27)25-18-9-14(10-19(26)23(16)18)15-5-3-4-6-17(15)24/h3-8,11,14,16H,9-10,12H2,1-2H3,(H,25,27)/t14-,16-/m1/s1. The summed E-state index contributed by atoms with van der Waals surface area (Å²) in [7, 11) is 3.14. The van der Waals surface area contributed by atoms with Crippen molar-refractivity contribution in [2.75, 3.05) is 14.2 Å². The lowest BCUT2D eigenvalue weighted by atomic mass is 9.73. The molecule has 0 aromatic heterocycles. The Hall–Kier alpha value is -2.79. The molecule has 5 nitrogen and oxygen atoms in total. The second-order valence-electron chi connectivity index (χ2n) is 7.36. The molecule has 0 saturated heterocycles. The molecule has 2 aromatic carbocycles. The number of benzene rings is 2. The van der Waals surface area contributed by atoms with Gasteiger partial charge in [0.15, 0.2) is 17.3 Å². The van der Waals surface area contributed by atoms with E-state index >= 15 is 0 Å². The van der Waals surface area contributed by atoms with E-state index in [-0.39, 0.29) is 29.9 Å². The molecule has 0 bridgehead atoms. The molecule has 0 spiro atoms. The Labute approximate surface area is 174 Å². The van der Waals surface area contributed by atoms with Gasteiger partial charge in [-0.3, -0.25) is 9.59 Å². The van der Waals surface area contributed by atoms with Crippen LogP contribution in [0.5, 0.6) is 11.5 Å². The van der Waals surface area contributed by atoms with E-state index in [1.165, 1.54) is 0 Å².